The predicted molar refractivity (Wildman–Crippen MR) is 95.7 cm³/mol. The standard InChI is InChI=1S/C19H22N4O2/c1-14-16(10-13-22-11-6-3-7-12-22)18(24)23-19(20-14)25-17(21-23)15-8-4-2-5-9-15/h2,4-5,8-9H,3,6-7,10-13H2,1H3. The lowest BCUT2D eigenvalue weighted by Crippen LogP contribution is -2.33. The maximum absolute atomic E-state index is 12.8. The van der Waals surface area contributed by atoms with E-state index in [2.05, 4.69) is 15.0 Å². The Morgan fingerprint density at radius 1 is 1.12 bits per heavy atom. The van der Waals surface area contributed by atoms with Crippen molar-refractivity contribution in [2.45, 2.75) is 32.6 Å². The van der Waals surface area contributed by atoms with Gasteiger partial charge >= 0.3 is 5.84 Å². The molecule has 2 aromatic heterocycles. The molecule has 0 N–H and O–H groups in total. The normalized spacial score (nSPS) is 15.7. The molecule has 0 unspecified atom stereocenters. The predicted octanol–water partition coefficient (Wildman–Crippen LogP) is 2.69. The van der Waals surface area contributed by atoms with Crippen molar-refractivity contribution in [3.05, 3.63) is 51.9 Å². The smallest absolute Gasteiger partial charge is 0.328 e. The van der Waals surface area contributed by atoms with Gasteiger partial charge in [0.1, 0.15) is 0 Å². The molecule has 6 nitrogen and oxygen atoms in total. The van der Waals surface area contributed by atoms with Gasteiger partial charge in [-0.2, -0.15) is 4.98 Å². The third-order valence-electron chi connectivity index (χ3n) is 4.86. The van der Waals surface area contributed by atoms with Crippen LogP contribution < -0.4 is 5.56 Å². The molecule has 0 amide bonds. The van der Waals surface area contributed by atoms with Gasteiger partial charge in [0.2, 0.25) is 5.89 Å². The van der Waals surface area contributed by atoms with E-state index in [-0.39, 0.29) is 11.4 Å². The first-order chi connectivity index (χ1) is 12.2. The van der Waals surface area contributed by atoms with Crippen molar-refractivity contribution in [1.82, 2.24) is 19.5 Å². The van der Waals surface area contributed by atoms with Gasteiger partial charge < -0.3 is 9.32 Å². The summed E-state index contributed by atoms with van der Waals surface area (Å²) in [6, 6.07) is 9.56. The van der Waals surface area contributed by atoms with Crippen LogP contribution in [0.4, 0.5) is 0 Å². The van der Waals surface area contributed by atoms with Gasteiger partial charge in [-0.3, -0.25) is 4.79 Å². The summed E-state index contributed by atoms with van der Waals surface area (Å²) in [5.74, 6) is 0.667. The van der Waals surface area contributed by atoms with Crippen LogP contribution in [0.3, 0.4) is 0 Å². The lowest BCUT2D eigenvalue weighted by atomic mass is 10.1. The van der Waals surface area contributed by atoms with E-state index in [0.29, 0.717) is 12.3 Å². The highest BCUT2D eigenvalue weighted by Crippen LogP contribution is 2.18. The molecular formula is C19H22N4O2. The van der Waals surface area contributed by atoms with E-state index in [4.69, 9.17) is 4.42 Å². The highest BCUT2D eigenvalue weighted by atomic mass is 16.4. The summed E-state index contributed by atoms with van der Waals surface area (Å²) in [4.78, 5) is 19.7. The van der Waals surface area contributed by atoms with Gasteiger partial charge in [0.15, 0.2) is 0 Å². The zero-order valence-electron chi connectivity index (χ0n) is 14.4. The number of benzene rings is 1. The quantitative estimate of drug-likeness (QED) is 0.732. The molecule has 1 saturated heterocycles. The van der Waals surface area contributed by atoms with Crippen LogP contribution in [0.1, 0.15) is 30.5 Å². The van der Waals surface area contributed by atoms with Gasteiger partial charge in [-0.05, 0) is 51.4 Å². The van der Waals surface area contributed by atoms with E-state index in [9.17, 15) is 4.79 Å². The summed E-state index contributed by atoms with van der Waals surface area (Å²) in [5.41, 5.74) is 2.18. The Morgan fingerprint density at radius 3 is 2.64 bits per heavy atom. The van der Waals surface area contributed by atoms with Crippen LogP contribution >= 0.6 is 0 Å². The van der Waals surface area contributed by atoms with Crippen molar-refractivity contribution in [3.63, 3.8) is 0 Å². The number of hydrogen-bond donors (Lipinski definition) is 0. The summed E-state index contributed by atoms with van der Waals surface area (Å²) in [7, 11) is 0. The van der Waals surface area contributed by atoms with E-state index in [1.54, 1.807) is 0 Å². The molecule has 0 bridgehead atoms. The number of aromatic nitrogens is 3. The zero-order chi connectivity index (χ0) is 17.2. The van der Waals surface area contributed by atoms with Gasteiger partial charge in [0.05, 0.1) is 5.69 Å². The Hall–Kier alpha value is -2.47. The lowest BCUT2D eigenvalue weighted by molar-refractivity contribution is 0.231. The van der Waals surface area contributed by atoms with E-state index in [1.165, 1.54) is 23.8 Å². The fraction of sp³-hybridized carbons (Fsp3) is 0.421. The molecule has 6 heteroatoms. The van der Waals surface area contributed by atoms with Crippen LogP contribution in [0.15, 0.2) is 39.5 Å². The molecule has 1 fully saturated rings. The molecular weight excluding hydrogens is 316 g/mol. The Balaban J connectivity index is 1.65. The van der Waals surface area contributed by atoms with Crippen LogP contribution in [0, 0.1) is 6.92 Å². The number of piperidine rings is 1. The molecule has 3 aromatic rings. The number of rotatable bonds is 4. The molecule has 1 aliphatic rings. The van der Waals surface area contributed by atoms with Crippen molar-refractivity contribution in [2.75, 3.05) is 19.6 Å². The van der Waals surface area contributed by atoms with Crippen LogP contribution in [-0.4, -0.2) is 39.1 Å². The third-order valence-corrected chi connectivity index (χ3v) is 4.86. The van der Waals surface area contributed by atoms with E-state index < -0.39 is 0 Å². The van der Waals surface area contributed by atoms with E-state index in [0.717, 1.165) is 36.5 Å². The highest BCUT2D eigenvalue weighted by Gasteiger charge is 2.17. The number of hydrogen-bond acceptors (Lipinski definition) is 5. The summed E-state index contributed by atoms with van der Waals surface area (Å²) < 4.78 is 6.99. The van der Waals surface area contributed by atoms with E-state index in [1.807, 2.05) is 37.3 Å². The maximum Gasteiger partial charge on any atom is 0.328 e. The zero-order valence-corrected chi connectivity index (χ0v) is 14.4. The summed E-state index contributed by atoms with van der Waals surface area (Å²) >= 11 is 0. The number of likely N-dealkylation sites (tertiary alicyclic amines) is 1. The second kappa shape index (κ2) is 6.80. The van der Waals surface area contributed by atoms with Crippen molar-refractivity contribution in [3.8, 4) is 11.5 Å². The van der Waals surface area contributed by atoms with Crippen LogP contribution in [-0.2, 0) is 6.42 Å². The van der Waals surface area contributed by atoms with Gasteiger partial charge in [-0.15, -0.1) is 9.61 Å². The molecule has 0 aliphatic carbocycles. The third kappa shape index (κ3) is 3.22. The Labute approximate surface area is 146 Å². The molecule has 4 rings (SSSR count). The minimum absolute atomic E-state index is 0.120. The fourth-order valence-electron chi connectivity index (χ4n) is 3.42. The molecule has 0 atom stereocenters. The summed E-state index contributed by atoms with van der Waals surface area (Å²) in [6.07, 6.45) is 4.51. The molecule has 0 saturated carbocycles. The SMILES string of the molecule is Cc1nc2oc(-c3ccccc3)nn2c(=O)c1CCN1CCCCC1. The van der Waals surface area contributed by atoms with Crippen molar-refractivity contribution >= 4 is 5.84 Å². The summed E-state index contributed by atoms with van der Waals surface area (Å²) in [6.45, 7) is 5.02. The second-order valence-electron chi connectivity index (χ2n) is 6.60. The Morgan fingerprint density at radius 2 is 1.88 bits per heavy atom. The van der Waals surface area contributed by atoms with Crippen molar-refractivity contribution in [2.24, 2.45) is 0 Å². The van der Waals surface area contributed by atoms with Gasteiger partial charge in [0, 0.05) is 17.7 Å². The molecule has 130 valence electrons. The molecule has 1 aliphatic heterocycles. The molecule has 25 heavy (non-hydrogen) atoms. The highest BCUT2D eigenvalue weighted by molar-refractivity contribution is 5.53. The van der Waals surface area contributed by atoms with Crippen LogP contribution in [0.25, 0.3) is 17.3 Å². The van der Waals surface area contributed by atoms with Crippen molar-refractivity contribution < 1.29 is 4.42 Å². The lowest BCUT2D eigenvalue weighted by Gasteiger charge is -2.26. The van der Waals surface area contributed by atoms with E-state index >= 15 is 0 Å². The maximum atomic E-state index is 12.8. The minimum Gasteiger partial charge on any atom is -0.403 e. The minimum atomic E-state index is -0.120. The van der Waals surface area contributed by atoms with Gasteiger partial charge in [-0.25, -0.2) is 0 Å². The van der Waals surface area contributed by atoms with Gasteiger partial charge in [0.25, 0.3) is 5.56 Å². The first kappa shape index (κ1) is 16.0. The largest absolute Gasteiger partial charge is 0.403 e. The first-order valence-electron chi connectivity index (χ1n) is 8.89. The fourth-order valence-corrected chi connectivity index (χ4v) is 3.42. The monoisotopic (exact) mass is 338 g/mol. The first-order valence-corrected chi connectivity index (χ1v) is 8.89. The topological polar surface area (TPSA) is 63.6 Å². The van der Waals surface area contributed by atoms with Crippen LogP contribution in [0.5, 0.6) is 0 Å². The van der Waals surface area contributed by atoms with Crippen molar-refractivity contribution in [1.29, 1.82) is 0 Å². The average molecular weight is 338 g/mol. The Bertz CT molecular complexity index is 924. The number of fused-ring (bicyclic) bond motifs is 1. The Kier molecular flexibility index (Phi) is 4.36. The molecule has 1 aromatic carbocycles. The number of nitrogens with zero attached hydrogens (tertiary/aromatic N) is 4. The number of aryl methyl sites for hydroxylation is 1. The van der Waals surface area contributed by atoms with Crippen LogP contribution in [0.2, 0.25) is 0 Å². The molecule has 3 heterocycles. The average Bonchev–Trinajstić information content (AvgIpc) is 3.07. The second-order valence-corrected chi connectivity index (χ2v) is 6.60. The molecule has 0 spiro atoms. The summed E-state index contributed by atoms with van der Waals surface area (Å²) in [5, 5.41) is 4.34. The molecule has 0 radical (unpaired) electrons. The van der Waals surface area contributed by atoms with Gasteiger partial charge in [-0.1, -0.05) is 24.6 Å².